The Kier molecular flexibility index (Phi) is 1.55. The number of rotatable bonds is 1. The minimum atomic E-state index is -0.316. The van der Waals surface area contributed by atoms with Crippen molar-refractivity contribution in [1.29, 1.82) is 0 Å². The smallest absolute Gasteiger partial charge is 0.151 e. The molecular weight excluding hydrogens is 157 g/mol. The summed E-state index contributed by atoms with van der Waals surface area (Å²) in [5.41, 5.74) is 6.54. The predicted molar refractivity (Wildman–Crippen MR) is 43.9 cm³/mol. The summed E-state index contributed by atoms with van der Waals surface area (Å²) in [7, 11) is 0. The minimum absolute atomic E-state index is 0.316. The quantitative estimate of drug-likeness (QED) is 0.666. The van der Waals surface area contributed by atoms with E-state index in [0.29, 0.717) is 12.1 Å². The van der Waals surface area contributed by atoms with Gasteiger partial charge in [0.25, 0.3) is 0 Å². The molecular formula is C8H8FN3. The molecule has 1 aromatic carbocycles. The molecule has 0 aliphatic carbocycles. The number of benzene rings is 1. The lowest BCUT2D eigenvalue weighted by molar-refractivity contribution is 0.636. The molecule has 0 spiro atoms. The molecule has 62 valence electrons. The molecule has 1 aromatic heterocycles. The van der Waals surface area contributed by atoms with Crippen LogP contribution in [0.25, 0.3) is 10.9 Å². The van der Waals surface area contributed by atoms with Crippen LogP contribution in [0, 0.1) is 5.82 Å². The van der Waals surface area contributed by atoms with Crippen molar-refractivity contribution in [2.24, 2.45) is 5.73 Å². The second-order valence-electron chi connectivity index (χ2n) is 2.54. The fraction of sp³-hybridized carbons (Fsp3) is 0.125. The van der Waals surface area contributed by atoms with Crippen molar-refractivity contribution in [3.63, 3.8) is 0 Å². The molecule has 3 N–H and O–H groups in total. The van der Waals surface area contributed by atoms with Gasteiger partial charge in [-0.1, -0.05) is 12.1 Å². The van der Waals surface area contributed by atoms with Crippen molar-refractivity contribution >= 4 is 10.9 Å². The summed E-state index contributed by atoms with van der Waals surface area (Å²) in [6, 6.07) is 4.82. The zero-order valence-corrected chi connectivity index (χ0v) is 6.34. The minimum Gasteiger partial charge on any atom is -0.325 e. The van der Waals surface area contributed by atoms with Gasteiger partial charge in [-0.05, 0) is 6.07 Å². The fourth-order valence-corrected chi connectivity index (χ4v) is 1.21. The summed E-state index contributed by atoms with van der Waals surface area (Å²) in [5, 5.41) is 7.26. The molecule has 1 heterocycles. The summed E-state index contributed by atoms with van der Waals surface area (Å²) in [6.45, 7) is 0.347. The second-order valence-corrected chi connectivity index (χ2v) is 2.54. The van der Waals surface area contributed by atoms with Gasteiger partial charge >= 0.3 is 0 Å². The Morgan fingerprint density at radius 1 is 1.50 bits per heavy atom. The largest absolute Gasteiger partial charge is 0.325 e. The Labute approximate surface area is 68.4 Å². The van der Waals surface area contributed by atoms with Crippen molar-refractivity contribution < 1.29 is 4.39 Å². The number of nitrogens with zero attached hydrogens (tertiary/aromatic N) is 1. The van der Waals surface area contributed by atoms with Gasteiger partial charge in [-0.25, -0.2) is 4.39 Å². The first-order valence-corrected chi connectivity index (χ1v) is 3.64. The molecule has 3 nitrogen and oxygen atoms in total. The lowest BCUT2D eigenvalue weighted by Gasteiger charge is -1.91. The number of aromatic amines is 1. The van der Waals surface area contributed by atoms with Gasteiger partial charge in [-0.15, -0.1) is 0 Å². The molecule has 0 amide bonds. The molecule has 0 unspecified atom stereocenters. The van der Waals surface area contributed by atoms with Crippen molar-refractivity contribution in [3.8, 4) is 0 Å². The van der Waals surface area contributed by atoms with Crippen LogP contribution in [0.2, 0.25) is 0 Å². The maximum atomic E-state index is 13.0. The average molecular weight is 165 g/mol. The number of H-pyrrole nitrogens is 1. The fourth-order valence-electron chi connectivity index (χ4n) is 1.21. The van der Waals surface area contributed by atoms with Crippen molar-refractivity contribution in [3.05, 3.63) is 29.7 Å². The third kappa shape index (κ3) is 0.887. The molecule has 0 aliphatic rings. The highest BCUT2D eigenvalue weighted by Gasteiger charge is 2.06. The summed E-state index contributed by atoms with van der Waals surface area (Å²) >= 11 is 0. The Morgan fingerprint density at radius 3 is 3.08 bits per heavy atom. The number of hydrogen-bond acceptors (Lipinski definition) is 2. The molecule has 4 heteroatoms. The number of nitrogens with one attached hydrogen (secondary N) is 1. The van der Waals surface area contributed by atoms with Gasteiger partial charge < -0.3 is 5.73 Å². The van der Waals surface area contributed by atoms with E-state index in [1.54, 1.807) is 12.1 Å². The Morgan fingerprint density at radius 2 is 2.33 bits per heavy atom. The molecule has 2 rings (SSSR count). The SMILES string of the molecule is NCc1[nH]nc2c(F)cccc12. The van der Waals surface area contributed by atoms with Gasteiger partial charge in [0.05, 0.1) is 5.69 Å². The second kappa shape index (κ2) is 2.57. The van der Waals surface area contributed by atoms with Gasteiger partial charge in [0.1, 0.15) is 5.52 Å². The highest BCUT2D eigenvalue weighted by molar-refractivity contribution is 5.81. The van der Waals surface area contributed by atoms with E-state index in [4.69, 9.17) is 5.73 Å². The molecule has 0 bridgehead atoms. The number of hydrogen-bond donors (Lipinski definition) is 2. The first kappa shape index (κ1) is 7.24. The standard InChI is InChI=1S/C8H8FN3/c9-6-3-1-2-5-7(4-10)11-12-8(5)6/h1-3H,4,10H2,(H,11,12). The third-order valence-electron chi connectivity index (χ3n) is 1.82. The van der Waals surface area contributed by atoms with Crippen molar-refractivity contribution in [2.45, 2.75) is 6.54 Å². The molecule has 0 radical (unpaired) electrons. The molecule has 0 fully saturated rings. The monoisotopic (exact) mass is 165 g/mol. The van der Waals surface area contributed by atoms with E-state index in [-0.39, 0.29) is 5.82 Å². The number of nitrogens with two attached hydrogens (primary N) is 1. The highest BCUT2D eigenvalue weighted by atomic mass is 19.1. The van der Waals surface area contributed by atoms with Gasteiger partial charge in [-0.3, -0.25) is 5.10 Å². The van der Waals surface area contributed by atoms with E-state index in [1.807, 2.05) is 0 Å². The van der Waals surface area contributed by atoms with Crippen LogP contribution in [0.1, 0.15) is 5.69 Å². The topological polar surface area (TPSA) is 54.7 Å². The van der Waals surface area contributed by atoms with E-state index in [2.05, 4.69) is 10.2 Å². The van der Waals surface area contributed by atoms with E-state index in [0.717, 1.165) is 11.1 Å². The van der Waals surface area contributed by atoms with Crippen LogP contribution in [0.4, 0.5) is 4.39 Å². The predicted octanol–water partition coefficient (Wildman–Crippen LogP) is 1.16. The summed E-state index contributed by atoms with van der Waals surface area (Å²) in [6.07, 6.45) is 0. The normalized spacial score (nSPS) is 10.8. The Bertz CT molecular complexity index is 408. The summed E-state index contributed by atoms with van der Waals surface area (Å²) in [4.78, 5) is 0. The molecule has 0 atom stereocenters. The van der Waals surface area contributed by atoms with Crippen LogP contribution in [0.3, 0.4) is 0 Å². The maximum Gasteiger partial charge on any atom is 0.151 e. The van der Waals surface area contributed by atoms with Crippen LogP contribution in [-0.2, 0) is 6.54 Å². The lowest BCUT2D eigenvalue weighted by atomic mass is 10.2. The summed E-state index contributed by atoms with van der Waals surface area (Å²) < 4.78 is 13.0. The van der Waals surface area contributed by atoms with Crippen molar-refractivity contribution in [2.75, 3.05) is 0 Å². The van der Waals surface area contributed by atoms with E-state index >= 15 is 0 Å². The molecule has 0 saturated carbocycles. The lowest BCUT2D eigenvalue weighted by Crippen LogP contribution is -1.96. The van der Waals surface area contributed by atoms with Crippen LogP contribution in [0.5, 0.6) is 0 Å². The van der Waals surface area contributed by atoms with Crippen LogP contribution in [0.15, 0.2) is 18.2 Å². The Balaban J connectivity index is 2.80. The van der Waals surface area contributed by atoms with Crippen LogP contribution < -0.4 is 5.73 Å². The van der Waals surface area contributed by atoms with Gasteiger partial charge in [0, 0.05) is 11.9 Å². The molecule has 12 heavy (non-hydrogen) atoms. The van der Waals surface area contributed by atoms with Gasteiger partial charge in [0.15, 0.2) is 5.82 Å². The zero-order valence-electron chi connectivity index (χ0n) is 6.34. The van der Waals surface area contributed by atoms with E-state index < -0.39 is 0 Å². The zero-order chi connectivity index (χ0) is 8.55. The van der Waals surface area contributed by atoms with Crippen LogP contribution >= 0.6 is 0 Å². The van der Waals surface area contributed by atoms with Crippen molar-refractivity contribution in [1.82, 2.24) is 10.2 Å². The first-order valence-electron chi connectivity index (χ1n) is 3.64. The first-order chi connectivity index (χ1) is 5.83. The molecule has 0 aliphatic heterocycles. The van der Waals surface area contributed by atoms with Crippen LogP contribution in [-0.4, -0.2) is 10.2 Å². The third-order valence-corrected chi connectivity index (χ3v) is 1.82. The highest BCUT2D eigenvalue weighted by Crippen LogP contribution is 2.17. The van der Waals surface area contributed by atoms with Gasteiger partial charge in [-0.2, -0.15) is 5.10 Å². The van der Waals surface area contributed by atoms with Gasteiger partial charge in [0.2, 0.25) is 0 Å². The Hall–Kier alpha value is -1.42. The number of para-hydroxylation sites is 1. The summed E-state index contributed by atoms with van der Waals surface area (Å²) in [5.74, 6) is -0.316. The number of halogens is 1. The number of fused-ring (bicyclic) bond motifs is 1. The maximum absolute atomic E-state index is 13.0. The number of aromatic nitrogens is 2. The molecule has 2 aromatic rings. The average Bonchev–Trinajstić information content (AvgIpc) is 2.49. The van der Waals surface area contributed by atoms with E-state index in [1.165, 1.54) is 6.07 Å². The molecule has 0 saturated heterocycles. The van der Waals surface area contributed by atoms with E-state index in [9.17, 15) is 4.39 Å².